The van der Waals surface area contributed by atoms with Gasteiger partial charge in [-0.2, -0.15) is 9.59 Å². The van der Waals surface area contributed by atoms with Gasteiger partial charge in [0.25, 0.3) is 0 Å². The van der Waals surface area contributed by atoms with Crippen LogP contribution in [0.5, 0.6) is 0 Å². The molecule has 0 spiro atoms. The van der Waals surface area contributed by atoms with Gasteiger partial charge in [0, 0.05) is 7.90 Å². The average Bonchev–Trinajstić information content (AvgIpc) is 1.39. The Morgan fingerprint density at radius 1 is 1.50 bits per heavy atom. The van der Waals surface area contributed by atoms with Crippen LogP contribution in [0, 0.1) is 0 Å². The summed E-state index contributed by atoms with van der Waals surface area (Å²) in [7, 11) is 0. The summed E-state index contributed by atoms with van der Waals surface area (Å²) in [5.74, 6) is 0. The van der Waals surface area contributed by atoms with Crippen molar-refractivity contribution in [2.75, 3.05) is 0 Å². The fourth-order valence-corrected chi connectivity index (χ4v) is 0. The van der Waals surface area contributed by atoms with Crippen LogP contribution in [-0.4, -0.2) is 18.1 Å². The Morgan fingerprint density at radius 3 is 1.50 bits per heavy atom. The fourth-order valence-electron chi connectivity index (χ4n) is 0. The van der Waals surface area contributed by atoms with Gasteiger partial charge in [-0.1, -0.05) is 0 Å². The van der Waals surface area contributed by atoms with Crippen LogP contribution in [0.25, 0.3) is 0 Å². The topological polar surface area (TPSA) is 106 Å². The number of hydrogen-bond donors (Lipinski definition) is 0. The molecule has 0 aromatic heterocycles. The standard InChI is InChI=1S/CH2O2.CO2.Na.H2O.H2/c2*2-1-3;;;/h1H,(H,2,3);;;1H2;1H/q;;+1;;/p-1. The minimum absolute atomic E-state index is 0. The number of carboxylic acid groups (broad SMARTS) is 1. The quantitative estimate of drug-likeness (QED) is 0.241. The van der Waals surface area contributed by atoms with Crippen molar-refractivity contribution in [3.05, 3.63) is 0 Å². The molecule has 0 saturated carbocycles. The molecule has 0 heterocycles. The third-order valence-corrected chi connectivity index (χ3v) is 0. The molecule has 6 heteroatoms. The summed E-state index contributed by atoms with van der Waals surface area (Å²) in [5.41, 5.74) is 0. The van der Waals surface area contributed by atoms with Gasteiger partial charge >= 0.3 is 35.7 Å². The van der Waals surface area contributed by atoms with Crippen molar-refractivity contribution in [1.82, 2.24) is 0 Å². The van der Waals surface area contributed by atoms with Crippen LogP contribution < -0.4 is 34.7 Å². The van der Waals surface area contributed by atoms with Crippen LogP contribution in [0.15, 0.2) is 0 Å². The molecule has 5 nitrogen and oxygen atoms in total. The molecule has 0 saturated heterocycles. The first-order chi connectivity index (χ1) is 2.83. The van der Waals surface area contributed by atoms with E-state index in [0.717, 1.165) is 0 Å². The Hall–Kier alpha value is -0.190. The molecule has 0 aromatic carbocycles. The molecular formula is C2H5NaO5. The summed E-state index contributed by atoms with van der Waals surface area (Å²) >= 11 is 0. The normalized spacial score (nSPS) is 2.50. The molecule has 0 fully saturated rings. The number of hydrogen-bond acceptors (Lipinski definition) is 4. The molecule has 0 aliphatic carbocycles. The Kier molecular flexibility index (Phi) is 219. The summed E-state index contributed by atoms with van der Waals surface area (Å²) in [6.07, 6.45) is 0.250. The third-order valence-electron chi connectivity index (χ3n) is 0. The Labute approximate surface area is 68.8 Å². The Bertz CT molecular complexity index is 60.0. The predicted octanol–water partition coefficient (Wildman–Crippen LogP) is -5.79. The maximum atomic E-state index is 8.25. The van der Waals surface area contributed by atoms with Crippen LogP contribution in [0.2, 0.25) is 0 Å². The molecule has 0 aliphatic rings. The van der Waals surface area contributed by atoms with Gasteiger partial charge in [-0.05, 0) is 0 Å². The maximum Gasteiger partial charge on any atom is 1.00 e. The molecule has 44 valence electrons. The zero-order valence-corrected chi connectivity index (χ0v) is 6.21. The van der Waals surface area contributed by atoms with Crippen LogP contribution in [0.3, 0.4) is 0 Å². The van der Waals surface area contributed by atoms with E-state index < -0.39 is 6.47 Å². The predicted molar refractivity (Wildman–Crippen MR) is 16.8 cm³/mol. The summed E-state index contributed by atoms with van der Waals surface area (Å²) in [5, 5.41) is 8.25. The van der Waals surface area contributed by atoms with E-state index in [2.05, 4.69) is 0 Å². The van der Waals surface area contributed by atoms with Crippen molar-refractivity contribution < 1.29 is 56.0 Å². The molecule has 0 aromatic rings. The first-order valence-electron chi connectivity index (χ1n) is 0.880. The first kappa shape index (κ1) is 25.0. The molecule has 0 unspecified atom stereocenters. The molecule has 2 N–H and O–H groups in total. The van der Waals surface area contributed by atoms with Gasteiger partial charge in [-0.25, -0.2) is 0 Å². The van der Waals surface area contributed by atoms with Crippen molar-refractivity contribution in [3.63, 3.8) is 0 Å². The van der Waals surface area contributed by atoms with E-state index >= 15 is 0 Å². The van der Waals surface area contributed by atoms with Crippen LogP contribution in [-0.2, 0) is 14.4 Å². The van der Waals surface area contributed by atoms with Crippen LogP contribution >= 0.6 is 0 Å². The number of carbonyl (C=O) groups excluding carboxylic acids is 3. The average molecular weight is 132 g/mol. The largest absolute Gasteiger partial charge is 1.00 e. The summed E-state index contributed by atoms with van der Waals surface area (Å²) in [4.78, 5) is 24.5. The van der Waals surface area contributed by atoms with Gasteiger partial charge in [0.15, 0.2) is 0 Å². The zero-order chi connectivity index (χ0) is 5.41. The van der Waals surface area contributed by atoms with Crippen molar-refractivity contribution >= 4 is 12.6 Å². The van der Waals surface area contributed by atoms with E-state index in [0.29, 0.717) is 0 Å². The van der Waals surface area contributed by atoms with Gasteiger partial charge < -0.3 is 15.4 Å². The van der Waals surface area contributed by atoms with E-state index in [4.69, 9.17) is 19.5 Å². The first-order valence-corrected chi connectivity index (χ1v) is 0.880. The van der Waals surface area contributed by atoms with E-state index in [1.807, 2.05) is 0 Å². The van der Waals surface area contributed by atoms with Crippen molar-refractivity contribution in [3.8, 4) is 0 Å². The van der Waals surface area contributed by atoms with Crippen molar-refractivity contribution in [2.24, 2.45) is 0 Å². The van der Waals surface area contributed by atoms with Gasteiger partial charge in [-0.15, -0.1) is 0 Å². The molecule has 0 rings (SSSR count). The fraction of sp³-hybridized carbons (Fsp3) is 0. The van der Waals surface area contributed by atoms with Gasteiger partial charge in [-0.3, -0.25) is 0 Å². The summed E-state index contributed by atoms with van der Waals surface area (Å²) in [6.45, 7) is -0.500. The van der Waals surface area contributed by atoms with Crippen molar-refractivity contribution in [2.45, 2.75) is 0 Å². The molecule has 0 radical (unpaired) electrons. The third kappa shape index (κ3) is 3720. The second-order valence-corrected chi connectivity index (χ2v) is 0.180. The summed E-state index contributed by atoms with van der Waals surface area (Å²) in [6, 6.07) is 0. The van der Waals surface area contributed by atoms with Crippen LogP contribution in [0.1, 0.15) is 1.43 Å². The minimum atomic E-state index is -0.500. The Balaban J connectivity index is -0.00000000889. The molecule has 0 bridgehead atoms. The van der Waals surface area contributed by atoms with Gasteiger partial charge in [0.2, 0.25) is 0 Å². The molecule has 0 amide bonds. The van der Waals surface area contributed by atoms with Crippen molar-refractivity contribution in [1.29, 1.82) is 0 Å². The van der Waals surface area contributed by atoms with E-state index in [9.17, 15) is 0 Å². The van der Waals surface area contributed by atoms with E-state index in [1.54, 1.807) is 0 Å². The van der Waals surface area contributed by atoms with Gasteiger partial charge in [0.05, 0.1) is 0 Å². The van der Waals surface area contributed by atoms with E-state index in [1.165, 1.54) is 0 Å². The second-order valence-electron chi connectivity index (χ2n) is 0.180. The number of carbonyl (C=O) groups is 1. The van der Waals surface area contributed by atoms with Crippen LogP contribution in [0.4, 0.5) is 0 Å². The molecule has 8 heavy (non-hydrogen) atoms. The van der Waals surface area contributed by atoms with Gasteiger partial charge in [0.1, 0.15) is 0 Å². The zero-order valence-electron chi connectivity index (χ0n) is 4.21. The Morgan fingerprint density at radius 2 is 1.50 bits per heavy atom. The monoisotopic (exact) mass is 132 g/mol. The molecule has 0 aliphatic heterocycles. The number of rotatable bonds is 0. The smallest absolute Gasteiger partial charge is 0.554 e. The second kappa shape index (κ2) is 70.2. The SMILES string of the molecule is O.O=C=O.O=C[O-].[HH].[Na+]. The summed E-state index contributed by atoms with van der Waals surface area (Å²) < 4.78 is 0. The maximum absolute atomic E-state index is 8.25. The molecular weight excluding hydrogens is 127 g/mol. The minimum Gasteiger partial charge on any atom is -0.554 e. The molecule has 0 atom stereocenters. The van der Waals surface area contributed by atoms with E-state index in [-0.39, 0.29) is 42.6 Å².